The maximum atomic E-state index is 12.5. The summed E-state index contributed by atoms with van der Waals surface area (Å²) in [5.74, 6) is 0.744. The van der Waals surface area contributed by atoms with E-state index in [0.717, 1.165) is 38.4 Å². The Balaban J connectivity index is 1.70. The standard InChI is InChI=1S/C18H25ClN6O/c1-13(2)17-22-16(23-25(17)15-6-4-3-5-14(15)19)18(26)21-9-12-24-10-7-20-8-11-24/h3-6,13,20H,7-12H2,1-2H3,(H,21,26). The van der Waals surface area contributed by atoms with E-state index in [1.165, 1.54) is 0 Å². The highest BCUT2D eigenvalue weighted by Crippen LogP contribution is 2.23. The molecule has 0 bridgehead atoms. The molecular weight excluding hydrogens is 352 g/mol. The van der Waals surface area contributed by atoms with Crippen molar-refractivity contribution in [2.75, 3.05) is 39.3 Å². The van der Waals surface area contributed by atoms with E-state index < -0.39 is 0 Å². The molecule has 1 aromatic heterocycles. The summed E-state index contributed by atoms with van der Waals surface area (Å²) in [4.78, 5) is 19.3. The zero-order valence-corrected chi connectivity index (χ0v) is 16.0. The zero-order chi connectivity index (χ0) is 18.5. The Labute approximate surface area is 158 Å². The van der Waals surface area contributed by atoms with Gasteiger partial charge >= 0.3 is 0 Å². The lowest BCUT2D eigenvalue weighted by Gasteiger charge is -2.26. The topological polar surface area (TPSA) is 75.1 Å². The number of nitrogens with zero attached hydrogens (tertiary/aromatic N) is 4. The maximum absolute atomic E-state index is 12.5. The molecule has 140 valence electrons. The van der Waals surface area contributed by atoms with Crippen LogP contribution in [-0.2, 0) is 0 Å². The Morgan fingerprint density at radius 3 is 2.73 bits per heavy atom. The van der Waals surface area contributed by atoms with Gasteiger partial charge in [-0.05, 0) is 12.1 Å². The van der Waals surface area contributed by atoms with E-state index in [1.54, 1.807) is 10.7 Å². The minimum Gasteiger partial charge on any atom is -0.348 e. The van der Waals surface area contributed by atoms with E-state index in [0.29, 0.717) is 17.4 Å². The molecule has 1 aliphatic rings. The molecule has 0 atom stereocenters. The minimum atomic E-state index is -0.257. The quantitative estimate of drug-likeness (QED) is 0.802. The third-order valence-electron chi connectivity index (χ3n) is 4.36. The Morgan fingerprint density at radius 1 is 1.31 bits per heavy atom. The van der Waals surface area contributed by atoms with Gasteiger partial charge in [0.2, 0.25) is 5.82 Å². The Hall–Kier alpha value is -1.96. The van der Waals surface area contributed by atoms with Crippen molar-refractivity contribution in [2.45, 2.75) is 19.8 Å². The second kappa shape index (κ2) is 8.62. The molecule has 0 spiro atoms. The number of aromatic nitrogens is 3. The highest BCUT2D eigenvalue weighted by atomic mass is 35.5. The first kappa shape index (κ1) is 18.8. The number of carbonyl (C=O) groups is 1. The van der Waals surface area contributed by atoms with E-state index in [1.807, 2.05) is 32.0 Å². The van der Waals surface area contributed by atoms with E-state index >= 15 is 0 Å². The number of benzene rings is 1. The average molecular weight is 377 g/mol. The number of amides is 1. The fraction of sp³-hybridized carbons (Fsp3) is 0.500. The largest absolute Gasteiger partial charge is 0.348 e. The van der Waals surface area contributed by atoms with Crippen molar-refractivity contribution in [1.29, 1.82) is 0 Å². The number of hydrogen-bond acceptors (Lipinski definition) is 5. The minimum absolute atomic E-state index is 0.112. The van der Waals surface area contributed by atoms with Crippen molar-refractivity contribution >= 4 is 17.5 Å². The summed E-state index contributed by atoms with van der Waals surface area (Å²) in [6.07, 6.45) is 0. The lowest BCUT2D eigenvalue weighted by molar-refractivity contribution is 0.0937. The molecule has 0 aliphatic carbocycles. The predicted octanol–water partition coefficient (Wildman–Crippen LogP) is 1.68. The molecule has 1 saturated heterocycles. The molecular formula is C18H25ClN6O. The molecule has 3 rings (SSSR count). The van der Waals surface area contributed by atoms with Gasteiger partial charge < -0.3 is 10.6 Å². The van der Waals surface area contributed by atoms with Gasteiger partial charge in [-0.2, -0.15) is 0 Å². The SMILES string of the molecule is CC(C)c1nc(C(=O)NCCN2CCNCC2)nn1-c1ccccc1Cl. The van der Waals surface area contributed by atoms with Crippen LogP contribution in [0.3, 0.4) is 0 Å². The lowest BCUT2D eigenvalue weighted by atomic mass is 10.2. The van der Waals surface area contributed by atoms with Crippen LogP contribution in [0.4, 0.5) is 0 Å². The molecule has 1 amide bonds. The number of carbonyl (C=O) groups excluding carboxylic acids is 1. The fourth-order valence-electron chi connectivity index (χ4n) is 2.94. The van der Waals surface area contributed by atoms with Gasteiger partial charge in [0.25, 0.3) is 5.91 Å². The van der Waals surface area contributed by atoms with E-state index in [2.05, 4.69) is 25.6 Å². The number of nitrogens with one attached hydrogen (secondary N) is 2. The molecule has 0 saturated carbocycles. The molecule has 7 nitrogen and oxygen atoms in total. The molecule has 0 radical (unpaired) electrons. The molecule has 1 aliphatic heterocycles. The van der Waals surface area contributed by atoms with Crippen LogP contribution in [0.1, 0.15) is 36.2 Å². The van der Waals surface area contributed by atoms with Gasteiger partial charge in [-0.3, -0.25) is 9.69 Å². The van der Waals surface area contributed by atoms with Crippen LogP contribution in [0, 0.1) is 0 Å². The van der Waals surface area contributed by atoms with Gasteiger partial charge in [-0.25, -0.2) is 9.67 Å². The maximum Gasteiger partial charge on any atom is 0.291 e. The van der Waals surface area contributed by atoms with Crippen LogP contribution in [0.2, 0.25) is 5.02 Å². The Morgan fingerprint density at radius 2 is 2.04 bits per heavy atom. The van der Waals surface area contributed by atoms with Gasteiger partial charge in [-0.1, -0.05) is 37.6 Å². The highest BCUT2D eigenvalue weighted by molar-refractivity contribution is 6.32. The van der Waals surface area contributed by atoms with E-state index in [4.69, 9.17) is 11.6 Å². The zero-order valence-electron chi connectivity index (χ0n) is 15.2. The molecule has 1 aromatic carbocycles. The molecule has 2 N–H and O–H groups in total. The first-order chi connectivity index (χ1) is 12.6. The molecule has 2 heterocycles. The first-order valence-electron chi connectivity index (χ1n) is 8.99. The summed E-state index contributed by atoms with van der Waals surface area (Å²) in [6, 6.07) is 7.42. The summed E-state index contributed by atoms with van der Waals surface area (Å²) in [5, 5.41) is 11.2. The molecule has 26 heavy (non-hydrogen) atoms. The second-order valence-electron chi connectivity index (χ2n) is 6.66. The summed E-state index contributed by atoms with van der Waals surface area (Å²) >= 11 is 6.29. The van der Waals surface area contributed by atoms with Gasteiger partial charge in [-0.15, -0.1) is 5.10 Å². The second-order valence-corrected chi connectivity index (χ2v) is 7.07. The van der Waals surface area contributed by atoms with Crippen molar-refractivity contribution in [3.8, 4) is 5.69 Å². The van der Waals surface area contributed by atoms with Gasteiger partial charge in [0.1, 0.15) is 5.82 Å². The number of halogens is 1. The predicted molar refractivity (Wildman–Crippen MR) is 102 cm³/mol. The van der Waals surface area contributed by atoms with Crippen LogP contribution in [0.25, 0.3) is 5.69 Å². The van der Waals surface area contributed by atoms with Gasteiger partial charge in [0, 0.05) is 45.2 Å². The Kier molecular flexibility index (Phi) is 6.24. The first-order valence-corrected chi connectivity index (χ1v) is 9.37. The van der Waals surface area contributed by atoms with E-state index in [9.17, 15) is 4.79 Å². The summed E-state index contributed by atoms with van der Waals surface area (Å²) in [5.41, 5.74) is 0.727. The number of piperazine rings is 1. The van der Waals surface area contributed by atoms with E-state index in [-0.39, 0.29) is 17.6 Å². The molecule has 8 heteroatoms. The van der Waals surface area contributed by atoms with Crippen LogP contribution >= 0.6 is 11.6 Å². The van der Waals surface area contributed by atoms with Crippen molar-refractivity contribution in [3.63, 3.8) is 0 Å². The van der Waals surface area contributed by atoms with Crippen molar-refractivity contribution in [1.82, 2.24) is 30.3 Å². The summed E-state index contributed by atoms with van der Waals surface area (Å²) in [7, 11) is 0. The molecule has 1 fully saturated rings. The fourth-order valence-corrected chi connectivity index (χ4v) is 3.15. The summed E-state index contributed by atoms with van der Waals surface area (Å²) in [6.45, 7) is 9.45. The summed E-state index contributed by atoms with van der Waals surface area (Å²) < 4.78 is 1.66. The Bertz CT molecular complexity index is 754. The van der Waals surface area contributed by atoms with Crippen LogP contribution in [0.5, 0.6) is 0 Å². The lowest BCUT2D eigenvalue weighted by Crippen LogP contribution is -2.46. The third kappa shape index (κ3) is 4.41. The van der Waals surface area contributed by atoms with Crippen LogP contribution in [0.15, 0.2) is 24.3 Å². The normalized spacial score (nSPS) is 15.4. The van der Waals surface area contributed by atoms with Crippen molar-refractivity contribution in [2.24, 2.45) is 0 Å². The smallest absolute Gasteiger partial charge is 0.291 e. The molecule has 0 unspecified atom stereocenters. The monoisotopic (exact) mass is 376 g/mol. The molecule has 2 aromatic rings. The van der Waals surface area contributed by atoms with Gasteiger partial charge in [0.15, 0.2) is 0 Å². The third-order valence-corrected chi connectivity index (χ3v) is 4.68. The number of hydrogen-bond donors (Lipinski definition) is 2. The van der Waals surface area contributed by atoms with Crippen LogP contribution < -0.4 is 10.6 Å². The number of rotatable bonds is 6. The van der Waals surface area contributed by atoms with Crippen molar-refractivity contribution < 1.29 is 4.79 Å². The average Bonchev–Trinajstić information content (AvgIpc) is 3.08. The van der Waals surface area contributed by atoms with Crippen LogP contribution in [-0.4, -0.2) is 64.8 Å². The number of para-hydroxylation sites is 1. The van der Waals surface area contributed by atoms with Crippen molar-refractivity contribution in [3.05, 3.63) is 40.9 Å². The van der Waals surface area contributed by atoms with Gasteiger partial charge in [0.05, 0.1) is 10.7 Å². The highest BCUT2D eigenvalue weighted by Gasteiger charge is 2.20.